The van der Waals surface area contributed by atoms with E-state index in [1.165, 1.54) is 19.4 Å². The molecule has 6 nitrogen and oxygen atoms in total. The lowest BCUT2D eigenvalue weighted by atomic mass is 10.2. The van der Waals surface area contributed by atoms with Crippen molar-refractivity contribution in [1.82, 2.24) is 5.43 Å². The molecule has 0 saturated heterocycles. The quantitative estimate of drug-likeness (QED) is 0.486. The number of hydrazone groups is 1. The Hall–Kier alpha value is -2.54. The average molecular weight is 406 g/mol. The summed E-state index contributed by atoms with van der Waals surface area (Å²) in [5, 5.41) is 16.9. The van der Waals surface area contributed by atoms with Gasteiger partial charge < -0.3 is 15.2 Å². The number of carbonyl (C=O) groups excluding carboxylic acids is 1. The molecule has 132 valence electrons. The van der Waals surface area contributed by atoms with Crippen molar-refractivity contribution in [2.45, 2.75) is 19.4 Å². The molecule has 2 aromatic rings. The summed E-state index contributed by atoms with van der Waals surface area (Å²) in [6.07, 6.45) is 1.98. The van der Waals surface area contributed by atoms with E-state index in [1.54, 1.807) is 12.1 Å². The molecule has 0 heterocycles. The Labute approximate surface area is 155 Å². The normalized spacial score (nSPS) is 12.0. The van der Waals surface area contributed by atoms with Gasteiger partial charge in [-0.3, -0.25) is 4.79 Å². The summed E-state index contributed by atoms with van der Waals surface area (Å²) >= 11 is 3.37. The molecule has 1 atom stereocenters. The Morgan fingerprint density at radius 1 is 1.32 bits per heavy atom. The summed E-state index contributed by atoms with van der Waals surface area (Å²) in [4.78, 5) is 12.3. The largest absolute Gasteiger partial charge is 0.507 e. The Bertz CT molecular complexity index is 748. The monoisotopic (exact) mass is 405 g/mol. The predicted molar refractivity (Wildman–Crippen MR) is 102 cm³/mol. The summed E-state index contributed by atoms with van der Waals surface area (Å²) in [5.74, 6) is 0.386. The van der Waals surface area contributed by atoms with Crippen LogP contribution in [0, 0.1) is 0 Å². The van der Waals surface area contributed by atoms with Crippen molar-refractivity contribution in [3.63, 3.8) is 0 Å². The molecule has 0 fully saturated rings. The van der Waals surface area contributed by atoms with E-state index in [0.717, 1.165) is 10.2 Å². The van der Waals surface area contributed by atoms with Crippen LogP contribution >= 0.6 is 15.9 Å². The number of amides is 1. The van der Waals surface area contributed by atoms with E-state index < -0.39 is 6.04 Å². The number of hydrogen-bond donors (Lipinski definition) is 3. The van der Waals surface area contributed by atoms with Crippen molar-refractivity contribution in [2.75, 3.05) is 12.4 Å². The van der Waals surface area contributed by atoms with Gasteiger partial charge in [0.2, 0.25) is 0 Å². The first-order valence-electron chi connectivity index (χ1n) is 7.75. The fraction of sp³-hybridized carbons (Fsp3) is 0.222. The minimum Gasteiger partial charge on any atom is -0.507 e. The van der Waals surface area contributed by atoms with Crippen LogP contribution in [0.4, 0.5) is 5.69 Å². The summed E-state index contributed by atoms with van der Waals surface area (Å²) in [5.41, 5.74) is 3.78. The second-order valence-electron chi connectivity index (χ2n) is 5.27. The first-order valence-corrected chi connectivity index (χ1v) is 8.54. The number of ether oxygens (including phenoxy) is 1. The average Bonchev–Trinajstić information content (AvgIpc) is 2.62. The van der Waals surface area contributed by atoms with Gasteiger partial charge in [0, 0.05) is 15.7 Å². The maximum absolute atomic E-state index is 12.3. The van der Waals surface area contributed by atoms with Gasteiger partial charge in [-0.15, -0.1) is 0 Å². The third kappa shape index (κ3) is 5.49. The van der Waals surface area contributed by atoms with Gasteiger partial charge in [-0.2, -0.15) is 5.10 Å². The SMILES string of the molecule is CC[C@H](Nc1ccc(Br)cc1)C(=O)N/N=C\c1cc(OC)ccc1O. The van der Waals surface area contributed by atoms with Crippen LogP contribution in [-0.4, -0.2) is 30.4 Å². The number of hydrogen-bond acceptors (Lipinski definition) is 5. The van der Waals surface area contributed by atoms with Gasteiger partial charge in [-0.1, -0.05) is 22.9 Å². The number of rotatable bonds is 7. The standard InChI is InChI=1S/C18H20BrN3O3/c1-3-16(21-14-6-4-13(19)5-7-14)18(24)22-20-11-12-10-15(25-2)8-9-17(12)23/h4-11,16,21,23H,3H2,1-2H3,(H,22,24)/b20-11-/t16-/m0/s1. The fourth-order valence-corrected chi connectivity index (χ4v) is 2.37. The van der Waals surface area contributed by atoms with Crippen molar-refractivity contribution in [1.29, 1.82) is 0 Å². The smallest absolute Gasteiger partial charge is 0.262 e. The number of carbonyl (C=O) groups is 1. The Kier molecular flexibility index (Phi) is 6.82. The molecule has 0 radical (unpaired) electrons. The number of phenolic OH excluding ortho intramolecular Hbond substituents is 1. The molecule has 0 bridgehead atoms. The minimum atomic E-state index is -0.419. The van der Waals surface area contributed by atoms with Crippen molar-refractivity contribution in [3.8, 4) is 11.5 Å². The second-order valence-corrected chi connectivity index (χ2v) is 6.19. The summed E-state index contributed by atoms with van der Waals surface area (Å²) in [6, 6.07) is 11.9. The highest BCUT2D eigenvalue weighted by molar-refractivity contribution is 9.10. The molecular formula is C18H20BrN3O3. The van der Waals surface area contributed by atoms with E-state index in [4.69, 9.17) is 4.74 Å². The number of nitrogens with one attached hydrogen (secondary N) is 2. The van der Waals surface area contributed by atoms with Gasteiger partial charge in [0.1, 0.15) is 17.5 Å². The lowest BCUT2D eigenvalue weighted by Crippen LogP contribution is -2.36. The van der Waals surface area contributed by atoms with Gasteiger partial charge >= 0.3 is 0 Å². The molecule has 0 saturated carbocycles. The van der Waals surface area contributed by atoms with Gasteiger partial charge in [-0.05, 0) is 48.9 Å². The molecule has 0 spiro atoms. The van der Waals surface area contributed by atoms with E-state index in [2.05, 4.69) is 31.8 Å². The van der Waals surface area contributed by atoms with Crippen LogP contribution < -0.4 is 15.5 Å². The first-order chi connectivity index (χ1) is 12.0. The van der Waals surface area contributed by atoms with Crippen molar-refractivity contribution in [2.24, 2.45) is 5.10 Å². The Morgan fingerprint density at radius 2 is 2.04 bits per heavy atom. The van der Waals surface area contributed by atoms with Crippen molar-refractivity contribution in [3.05, 3.63) is 52.5 Å². The van der Waals surface area contributed by atoms with Gasteiger partial charge in [0.15, 0.2) is 0 Å². The summed E-state index contributed by atoms with van der Waals surface area (Å²) in [7, 11) is 1.54. The topological polar surface area (TPSA) is 83.0 Å². The molecule has 0 aliphatic carbocycles. The highest BCUT2D eigenvalue weighted by Gasteiger charge is 2.15. The van der Waals surface area contributed by atoms with E-state index >= 15 is 0 Å². The minimum absolute atomic E-state index is 0.0545. The highest BCUT2D eigenvalue weighted by atomic mass is 79.9. The van der Waals surface area contributed by atoms with Gasteiger partial charge in [-0.25, -0.2) is 5.43 Å². The number of methoxy groups -OCH3 is 1. The zero-order valence-corrected chi connectivity index (χ0v) is 15.6. The molecule has 0 aromatic heterocycles. The molecule has 2 rings (SSSR count). The maximum Gasteiger partial charge on any atom is 0.262 e. The molecule has 25 heavy (non-hydrogen) atoms. The molecule has 1 amide bonds. The van der Waals surface area contributed by atoms with E-state index in [9.17, 15) is 9.90 Å². The van der Waals surface area contributed by atoms with Gasteiger partial charge in [0.25, 0.3) is 5.91 Å². The summed E-state index contributed by atoms with van der Waals surface area (Å²) < 4.78 is 6.06. The van der Waals surface area contributed by atoms with E-state index in [0.29, 0.717) is 17.7 Å². The third-order valence-electron chi connectivity index (χ3n) is 3.52. The Balaban J connectivity index is 1.98. The van der Waals surface area contributed by atoms with Crippen LogP contribution in [0.5, 0.6) is 11.5 Å². The number of anilines is 1. The predicted octanol–water partition coefficient (Wildman–Crippen LogP) is 3.50. The van der Waals surface area contributed by atoms with E-state index in [1.807, 2.05) is 31.2 Å². The Morgan fingerprint density at radius 3 is 2.68 bits per heavy atom. The number of aromatic hydroxyl groups is 1. The number of halogens is 1. The van der Waals surface area contributed by atoms with Crippen LogP contribution in [0.2, 0.25) is 0 Å². The number of benzene rings is 2. The zero-order valence-electron chi connectivity index (χ0n) is 14.0. The molecular weight excluding hydrogens is 386 g/mol. The zero-order chi connectivity index (χ0) is 18.2. The van der Waals surface area contributed by atoms with Crippen LogP contribution in [0.25, 0.3) is 0 Å². The molecule has 0 aliphatic rings. The van der Waals surface area contributed by atoms with Crippen LogP contribution in [0.15, 0.2) is 52.0 Å². The molecule has 0 aliphatic heterocycles. The molecule has 7 heteroatoms. The molecule has 0 unspecified atom stereocenters. The second kappa shape index (κ2) is 9.08. The number of phenols is 1. The van der Waals surface area contributed by atoms with Crippen molar-refractivity contribution < 1.29 is 14.6 Å². The first kappa shape index (κ1) is 18.8. The molecule has 3 N–H and O–H groups in total. The highest BCUT2D eigenvalue weighted by Crippen LogP contribution is 2.21. The van der Waals surface area contributed by atoms with Gasteiger partial charge in [0.05, 0.1) is 13.3 Å². The number of nitrogens with zero attached hydrogens (tertiary/aromatic N) is 1. The van der Waals surface area contributed by atoms with Crippen LogP contribution in [-0.2, 0) is 4.79 Å². The fourth-order valence-electron chi connectivity index (χ4n) is 2.11. The summed E-state index contributed by atoms with van der Waals surface area (Å²) in [6.45, 7) is 1.91. The maximum atomic E-state index is 12.3. The van der Waals surface area contributed by atoms with Crippen molar-refractivity contribution >= 4 is 33.7 Å². The van der Waals surface area contributed by atoms with E-state index in [-0.39, 0.29) is 11.7 Å². The third-order valence-corrected chi connectivity index (χ3v) is 4.05. The van der Waals surface area contributed by atoms with Crippen LogP contribution in [0.3, 0.4) is 0 Å². The molecule has 2 aromatic carbocycles. The lowest BCUT2D eigenvalue weighted by Gasteiger charge is -2.16. The lowest BCUT2D eigenvalue weighted by molar-refractivity contribution is -0.121. The van der Waals surface area contributed by atoms with Crippen LogP contribution in [0.1, 0.15) is 18.9 Å².